The molecular weight excluding hydrogens is 516 g/mol. The van der Waals surface area contributed by atoms with Gasteiger partial charge in [-0.1, -0.05) is 6.07 Å². The second-order valence-electron chi connectivity index (χ2n) is 11.3. The van der Waals surface area contributed by atoms with Gasteiger partial charge in [-0.05, 0) is 75.8 Å². The van der Waals surface area contributed by atoms with Crippen molar-refractivity contribution >= 4 is 17.5 Å². The molecule has 3 aliphatic carbocycles. The Morgan fingerprint density at radius 1 is 1.12 bits per heavy atom. The van der Waals surface area contributed by atoms with Gasteiger partial charge in [0.1, 0.15) is 22.8 Å². The van der Waals surface area contributed by atoms with Gasteiger partial charge in [-0.3, -0.25) is 24.3 Å². The first kappa shape index (κ1) is 27.5. The number of pyridine rings is 1. The molecule has 0 saturated carbocycles. The lowest BCUT2D eigenvalue weighted by molar-refractivity contribution is -0.148. The molecule has 1 aromatic heterocycles. The van der Waals surface area contributed by atoms with E-state index >= 15 is 0 Å². The van der Waals surface area contributed by atoms with Crippen LogP contribution < -0.4 is 5.73 Å². The third-order valence-electron chi connectivity index (χ3n) is 8.21. The predicted molar refractivity (Wildman–Crippen MR) is 144 cm³/mol. The normalized spacial score (nSPS) is 26.2. The van der Waals surface area contributed by atoms with Crippen LogP contribution in [0.25, 0.3) is 11.1 Å². The minimum atomic E-state index is -2.66. The number of Topliss-reactive ketones (excluding diaryl/α,β-unsaturated/α-hetero) is 2. The Morgan fingerprint density at radius 3 is 2.45 bits per heavy atom. The van der Waals surface area contributed by atoms with Crippen molar-refractivity contribution in [2.24, 2.45) is 17.6 Å². The van der Waals surface area contributed by atoms with E-state index in [9.17, 15) is 34.8 Å². The van der Waals surface area contributed by atoms with Crippen molar-refractivity contribution in [3.05, 3.63) is 69.9 Å². The molecule has 0 bridgehead atoms. The molecule has 3 aliphatic rings. The van der Waals surface area contributed by atoms with E-state index in [1.54, 1.807) is 32.6 Å². The van der Waals surface area contributed by atoms with Crippen LogP contribution in [-0.4, -0.2) is 92.5 Å². The van der Waals surface area contributed by atoms with Gasteiger partial charge in [0.2, 0.25) is 5.78 Å². The quantitative estimate of drug-likeness (QED) is 0.342. The van der Waals surface area contributed by atoms with Crippen LogP contribution in [0.5, 0.6) is 5.75 Å². The van der Waals surface area contributed by atoms with E-state index < -0.39 is 58.0 Å². The van der Waals surface area contributed by atoms with E-state index in [0.717, 1.165) is 11.1 Å². The third-order valence-corrected chi connectivity index (χ3v) is 8.21. The molecule has 210 valence electrons. The first-order valence-electron chi connectivity index (χ1n) is 12.9. The molecule has 1 amide bonds. The Bertz CT molecular complexity index is 1530. The van der Waals surface area contributed by atoms with E-state index in [1.807, 2.05) is 25.1 Å². The number of aromatic hydroxyl groups is 1. The van der Waals surface area contributed by atoms with Gasteiger partial charge in [0.05, 0.1) is 11.6 Å². The molecule has 11 nitrogen and oxygen atoms in total. The molecular formula is C29H32N4O7. The van der Waals surface area contributed by atoms with Crippen molar-refractivity contribution in [2.75, 3.05) is 28.2 Å². The second kappa shape index (κ2) is 9.54. The summed E-state index contributed by atoms with van der Waals surface area (Å²) in [6, 6.07) is 4.03. The van der Waals surface area contributed by atoms with Crippen LogP contribution in [0.2, 0.25) is 0 Å². The summed E-state index contributed by atoms with van der Waals surface area (Å²) in [5, 5.41) is 44.8. The number of fused-ring (bicyclic) bond motifs is 3. The molecule has 0 aliphatic heterocycles. The van der Waals surface area contributed by atoms with Crippen LogP contribution in [0.3, 0.4) is 0 Å². The number of phenols is 1. The second-order valence-corrected chi connectivity index (χ2v) is 11.3. The highest BCUT2D eigenvalue weighted by atomic mass is 16.3. The number of benzene rings is 1. The molecule has 6 N–H and O–H groups in total. The van der Waals surface area contributed by atoms with Crippen LogP contribution in [-0.2, 0) is 22.6 Å². The van der Waals surface area contributed by atoms with E-state index in [-0.39, 0.29) is 29.7 Å². The Labute approximate surface area is 230 Å². The fraction of sp³-hybridized carbons (Fsp3) is 0.379. The Balaban J connectivity index is 1.69. The average molecular weight is 549 g/mol. The number of phenolic OH excluding ortho intramolecular Hbond substituents is 1. The number of nitrogens with two attached hydrogens (primary N) is 1. The molecule has 0 unspecified atom stereocenters. The summed E-state index contributed by atoms with van der Waals surface area (Å²) >= 11 is 0. The maximum Gasteiger partial charge on any atom is 0.255 e. The Hall–Kier alpha value is -4.06. The largest absolute Gasteiger partial charge is 0.510 e. The van der Waals surface area contributed by atoms with E-state index in [4.69, 9.17) is 5.73 Å². The highest BCUT2D eigenvalue weighted by Gasteiger charge is 2.63. The van der Waals surface area contributed by atoms with Gasteiger partial charge >= 0.3 is 0 Å². The predicted octanol–water partition coefficient (Wildman–Crippen LogP) is 1.24. The van der Waals surface area contributed by atoms with Crippen LogP contribution >= 0.6 is 0 Å². The van der Waals surface area contributed by atoms with Gasteiger partial charge < -0.3 is 31.1 Å². The highest BCUT2D eigenvalue weighted by Crippen LogP contribution is 2.53. The number of allylic oxidation sites excluding steroid dienone is 1. The topological polar surface area (TPSA) is 178 Å². The number of hydrogen-bond donors (Lipinski definition) is 5. The smallest absolute Gasteiger partial charge is 0.255 e. The number of nitrogens with zero attached hydrogens (tertiary/aromatic N) is 3. The van der Waals surface area contributed by atoms with Crippen LogP contribution in [0.1, 0.15) is 27.9 Å². The minimum absolute atomic E-state index is 0.0276. The lowest BCUT2D eigenvalue weighted by atomic mass is 9.58. The number of aromatic nitrogens is 1. The number of hydrogen-bond acceptors (Lipinski definition) is 10. The number of amides is 1. The van der Waals surface area contributed by atoms with Crippen molar-refractivity contribution in [3.8, 4) is 16.9 Å². The number of aliphatic hydroxyl groups excluding tert-OH is 2. The number of primary amides is 1. The standard InChI is InChI=1S/C29H32N4O7/c1-32(2)12-13-7-15(11-31-10-13)16-5-6-19(34)21-17(16)8-14-9-18-23(33(3)4)25(36)22(28(30)39)27(38)29(18,40)26(37)20(14)24(21)35/h5-7,10-11,14,18,23,34,36-37,40H,8-9,12H2,1-4H3,(H2,30,39)/t14-,18-,23-,29-/m0/s1. The average Bonchev–Trinajstić information content (AvgIpc) is 2.85. The summed E-state index contributed by atoms with van der Waals surface area (Å²) in [5.74, 6) is -6.75. The van der Waals surface area contributed by atoms with Crippen molar-refractivity contribution < 1.29 is 34.8 Å². The van der Waals surface area contributed by atoms with Crippen molar-refractivity contribution in [1.29, 1.82) is 0 Å². The zero-order valence-corrected chi connectivity index (χ0v) is 22.7. The molecule has 0 saturated heterocycles. The molecule has 1 heterocycles. The van der Waals surface area contributed by atoms with Crippen LogP contribution in [0, 0.1) is 11.8 Å². The van der Waals surface area contributed by atoms with Gasteiger partial charge in [0, 0.05) is 36.0 Å². The fourth-order valence-electron chi connectivity index (χ4n) is 6.61. The van der Waals surface area contributed by atoms with Crippen LogP contribution in [0.4, 0.5) is 0 Å². The number of carbonyl (C=O) groups is 3. The molecule has 40 heavy (non-hydrogen) atoms. The lowest BCUT2D eigenvalue weighted by Gasteiger charge is -2.50. The van der Waals surface area contributed by atoms with Gasteiger partial charge in [-0.2, -0.15) is 0 Å². The summed E-state index contributed by atoms with van der Waals surface area (Å²) in [6.45, 7) is 0.647. The SMILES string of the molecule is CN(C)Cc1cncc(-c2ccc(O)c3c2C[C@H]2C[C@H]4[C@H](N(C)C)C(O)=C(C(N)=O)C(=O)[C@@]4(O)C(O)=C2C3=O)c1. The number of carbonyl (C=O) groups excluding carboxylic acids is 3. The molecule has 5 rings (SSSR count). The molecule has 11 heteroatoms. The maximum atomic E-state index is 13.9. The molecule has 0 fully saturated rings. The minimum Gasteiger partial charge on any atom is -0.510 e. The monoisotopic (exact) mass is 548 g/mol. The molecule has 1 aromatic carbocycles. The van der Waals surface area contributed by atoms with Crippen molar-refractivity contribution in [3.63, 3.8) is 0 Å². The summed E-state index contributed by atoms with van der Waals surface area (Å²) < 4.78 is 0. The van der Waals surface area contributed by atoms with E-state index in [2.05, 4.69) is 4.98 Å². The number of aliphatic hydroxyl groups is 3. The van der Waals surface area contributed by atoms with Gasteiger partial charge in [-0.25, -0.2) is 0 Å². The Kier molecular flexibility index (Phi) is 6.56. The van der Waals surface area contributed by atoms with Gasteiger partial charge in [-0.15, -0.1) is 0 Å². The molecule has 0 spiro atoms. The number of likely N-dealkylation sites (N-methyl/N-ethyl adjacent to an activating group) is 1. The summed E-state index contributed by atoms with van der Waals surface area (Å²) in [7, 11) is 7.07. The maximum absolute atomic E-state index is 13.9. The van der Waals surface area contributed by atoms with E-state index in [1.165, 1.54) is 11.0 Å². The Morgan fingerprint density at radius 2 is 1.82 bits per heavy atom. The van der Waals surface area contributed by atoms with Gasteiger partial charge in [0.15, 0.2) is 11.4 Å². The molecule has 2 aromatic rings. The number of ketones is 2. The fourth-order valence-corrected chi connectivity index (χ4v) is 6.61. The van der Waals surface area contributed by atoms with Crippen molar-refractivity contribution in [2.45, 2.75) is 31.0 Å². The molecule has 4 atom stereocenters. The third kappa shape index (κ3) is 3.92. The zero-order valence-electron chi connectivity index (χ0n) is 22.7. The molecule has 0 radical (unpaired) electrons. The first-order valence-corrected chi connectivity index (χ1v) is 12.9. The van der Waals surface area contributed by atoms with Gasteiger partial charge in [0.25, 0.3) is 5.91 Å². The highest BCUT2D eigenvalue weighted by molar-refractivity contribution is 6.24. The summed E-state index contributed by atoms with van der Waals surface area (Å²) in [5.41, 5.74) is 4.61. The summed E-state index contributed by atoms with van der Waals surface area (Å²) in [6.07, 6.45) is 3.66. The van der Waals surface area contributed by atoms with E-state index in [0.29, 0.717) is 17.7 Å². The zero-order chi connectivity index (χ0) is 29.3. The summed E-state index contributed by atoms with van der Waals surface area (Å²) in [4.78, 5) is 47.3. The number of rotatable bonds is 5. The first-order chi connectivity index (χ1) is 18.8. The van der Waals surface area contributed by atoms with Crippen molar-refractivity contribution in [1.82, 2.24) is 14.8 Å². The lowest BCUT2D eigenvalue weighted by Crippen LogP contribution is -2.63. The van der Waals surface area contributed by atoms with Crippen LogP contribution in [0.15, 0.2) is 53.3 Å².